The number of aromatic nitrogens is 1. The zero-order valence-electron chi connectivity index (χ0n) is 14.2. The van der Waals surface area contributed by atoms with Gasteiger partial charge in [0.05, 0.1) is 23.4 Å². The molecular formula is C20H17NO4S. The van der Waals surface area contributed by atoms with Gasteiger partial charge < -0.3 is 9.47 Å². The van der Waals surface area contributed by atoms with Crippen molar-refractivity contribution in [3.8, 4) is 18.1 Å². The van der Waals surface area contributed by atoms with Crippen LogP contribution in [0.3, 0.4) is 0 Å². The van der Waals surface area contributed by atoms with E-state index in [4.69, 9.17) is 15.9 Å². The van der Waals surface area contributed by atoms with E-state index in [2.05, 4.69) is 5.92 Å². The minimum Gasteiger partial charge on any atom is -0.482 e. The van der Waals surface area contributed by atoms with E-state index in [1.807, 2.05) is 30.3 Å². The summed E-state index contributed by atoms with van der Waals surface area (Å²) in [6.07, 6.45) is 5.41. The Morgan fingerprint density at radius 2 is 2.04 bits per heavy atom. The fraction of sp³-hybridized carbons (Fsp3) is 0.200. The number of nitrogens with zero attached hydrogens (tertiary/aromatic N) is 1. The first-order chi connectivity index (χ1) is 12.7. The summed E-state index contributed by atoms with van der Waals surface area (Å²) in [5.41, 5.74) is 1.21. The number of carbonyl (C=O) groups is 1. The highest BCUT2D eigenvalue weighted by atomic mass is 32.1. The molecule has 0 aliphatic rings. The van der Waals surface area contributed by atoms with Crippen molar-refractivity contribution in [3.05, 3.63) is 63.3 Å². The van der Waals surface area contributed by atoms with E-state index in [1.54, 1.807) is 18.4 Å². The fourth-order valence-electron chi connectivity index (χ4n) is 2.64. The summed E-state index contributed by atoms with van der Waals surface area (Å²) in [7, 11) is 0. The quantitative estimate of drug-likeness (QED) is 0.495. The number of hydrogen-bond acceptors (Lipinski definition) is 5. The molecule has 5 nitrogen and oxygen atoms in total. The number of hydrogen-bond donors (Lipinski definition) is 0. The maximum Gasteiger partial charge on any atom is 0.343 e. The van der Waals surface area contributed by atoms with Gasteiger partial charge in [-0.25, -0.2) is 4.79 Å². The number of esters is 1. The molecule has 0 unspecified atom stereocenters. The minimum absolute atomic E-state index is 0.0301. The summed E-state index contributed by atoms with van der Waals surface area (Å²) in [4.78, 5) is 25.5. The summed E-state index contributed by atoms with van der Waals surface area (Å²) < 4.78 is 13.0. The van der Waals surface area contributed by atoms with E-state index < -0.39 is 11.5 Å². The molecule has 0 spiro atoms. The molecule has 132 valence electrons. The number of terminal acetylenes is 1. The second kappa shape index (κ2) is 7.89. The Balaban J connectivity index is 2.15. The highest BCUT2D eigenvalue weighted by molar-refractivity contribution is 7.17. The summed E-state index contributed by atoms with van der Waals surface area (Å²) in [6, 6.07) is 11.2. The molecule has 0 amide bonds. The third kappa shape index (κ3) is 3.35. The zero-order valence-corrected chi connectivity index (χ0v) is 15.0. The molecule has 0 aliphatic heterocycles. The van der Waals surface area contributed by atoms with E-state index in [0.717, 1.165) is 5.56 Å². The number of thiophene rings is 1. The summed E-state index contributed by atoms with van der Waals surface area (Å²) in [6.45, 7) is 2.18. The van der Waals surface area contributed by atoms with Crippen molar-refractivity contribution in [2.24, 2.45) is 0 Å². The normalized spacial score (nSPS) is 10.5. The third-order valence-corrected chi connectivity index (χ3v) is 4.70. The predicted molar refractivity (Wildman–Crippen MR) is 102 cm³/mol. The summed E-state index contributed by atoms with van der Waals surface area (Å²) >= 11 is 1.34. The van der Waals surface area contributed by atoms with Crippen molar-refractivity contribution >= 4 is 27.5 Å². The van der Waals surface area contributed by atoms with Gasteiger partial charge in [0.25, 0.3) is 5.56 Å². The number of ether oxygens (including phenoxy) is 2. The smallest absolute Gasteiger partial charge is 0.343 e. The molecule has 2 heterocycles. The predicted octanol–water partition coefficient (Wildman–Crippen LogP) is 3.45. The highest BCUT2D eigenvalue weighted by Gasteiger charge is 2.25. The minimum atomic E-state index is -0.576. The number of pyridine rings is 1. The topological polar surface area (TPSA) is 57.5 Å². The average molecular weight is 367 g/mol. The van der Waals surface area contributed by atoms with Gasteiger partial charge in [-0.1, -0.05) is 36.3 Å². The molecule has 3 aromatic rings. The van der Waals surface area contributed by atoms with Crippen LogP contribution in [0.1, 0.15) is 22.8 Å². The van der Waals surface area contributed by atoms with Gasteiger partial charge >= 0.3 is 5.97 Å². The summed E-state index contributed by atoms with van der Waals surface area (Å²) in [5.74, 6) is 1.87. The van der Waals surface area contributed by atoms with Crippen molar-refractivity contribution in [1.29, 1.82) is 0 Å². The zero-order chi connectivity index (χ0) is 18.5. The highest BCUT2D eigenvalue weighted by Crippen LogP contribution is 2.30. The van der Waals surface area contributed by atoms with Crippen LogP contribution in [0, 0.1) is 12.3 Å². The average Bonchev–Trinajstić information content (AvgIpc) is 3.12. The Labute approximate surface area is 154 Å². The van der Waals surface area contributed by atoms with Crippen LogP contribution >= 0.6 is 11.3 Å². The lowest BCUT2D eigenvalue weighted by Crippen LogP contribution is -2.25. The van der Waals surface area contributed by atoms with Crippen molar-refractivity contribution in [2.45, 2.75) is 20.1 Å². The molecule has 1 aromatic carbocycles. The van der Waals surface area contributed by atoms with Gasteiger partial charge in [-0.15, -0.1) is 17.8 Å². The molecular weight excluding hydrogens is 350 g/mol. The van der Waals surface area contributed by atoms with Crippen molar-refractivity contribution < 1.29 is 14.3 Å². The van der Waals surface area contributed by atoms with E-state index in [-0.39, 0.29) is 31.1 Å². The van der Waals surface area contributed by atoms with Crippen LogP contribution < -0.4 is 10.3 Å². The lowest BCUT2D eigenvalue weighted by atomic mass is 10.2. The lowest BCUT2D eigenvalue weighted by molar-refractivity contribution is 0.0523. The number of carbonyl (C=O) groups excluding carboxylic acids is 1. The van der Waals surface area contributed by atoms with Gasteiger partial charge in [0, 0.05) is 0 Å². The Bertz CT molecular complexity index is 1030. The summed E-state index contributed by atoms with van der Waals surface area (Å²) in [5, 5.41) is 1.81. The number of benzene rings is 1. The molecule has 0 atom stereocenters. The SMILES string of the molecule is C#CCn1c(=O)c(OCc2ccccc2)c(C(=O)OCC)c2sccc21. The molecule has 26 heavy (non-hydrogen) atoms. The molecule has 2 aromatic heterocycles. The van der Waals surface area contributed by atoms with Crippen molar-refractivity contribution in [1.82, 2.24) is 4.57 Å². The van der Waals surface area contributed by atoms with Gasteiger partial charge in [-0.05, 0) is 23.9 Å². The van der Waals surface area contributed by atoms with Crippen LogP contribution in [0.15, 0.2) is 46.6 Å². The molecule has 0 N–H and O–H groups in total. The number of fused-ring (bicyclic) bond motifs is 1. The molecule has 0 aliphatic carbocycles. The molecule has 6 heteroatoms. The van der Waals surface area contributed by atoms with Crippen LogP contribution in [0.4, 0.5) is 0 Å². The second-order valence-electron chi connectivity index (χ2n) is 5.43. The first kappa shape index (κ1) is 17.8. The van der Waals surface area contributed by atoms with Gasteiger partial charge in [0.1, 0.15) is 12.2 Å². The van der Waals surface area contributed by atoms with Crippen LogP contribution in [-0.4, -0.2) is 17.1 Å². The number of rotatable bonds is 6. The molecule has 0 radical (unpaired) electrons. The van der Waals surface area contributed by atoms with Gasteiger partial charge in [0.2, 0.25) is 5.75 Å². The first-order valence-electron chi connectivity index (χ1n) is 8.08. The first-order valence-corrected chi connectivity index (χ1v) is 8.96. The van der Waals surface area contributed by atoms with E-state index in [1.165, 1.54) is 15.9 Å². The van der Waals surface area contributed by atoms with E-state index in [9.17, 15) is 9.59 Å². The second-order valence-corrected chi connectivity index (χ2v) is 6.35. The fourth-order valence-corrected chi connectivity index (χ4v) is 3.57. The molecule has 0 saturated carbocycles. The molecule has 0 bridgehead atoms. The molecule has 0 fully saturated rings. The maximum absolute atomic E-state index is 13.0. The van der Waals surface area contributed by atoms with E-state index in [0.29, 0.717) is 10.2 Å². The standard InChI is InChI=1S/C20H17NO4S/c1-3-11-21-15-10-12-26-18(15)16(20(23)24-4-2)17(19(21)22)25-13-14-8-6-5-7-9-14/h1,5-10,12H,4,11,13H2,2H3. The molecule has 0 saturated heterocycles. The van der Waals surface area contributed by atoms with Crippen molar-refractivity contribution in [3.63, 3.8) is 0 Å². The Kier molecular flexibility index (Phi) is 5.40. The van der Waals surface area contributed by atoms with Gasteiger partial charge in [0.15, 0.2) is 0 Å². The lowest BCUT2D eigenvalue weighted by Gasteiger charge is -2.14. The Morgan fingerprint density at radius 3 is 2.73 bits per heavy atom. The Hall–Kier alpha value is -3.04. The van der Waals surface area contributed by atoms with Crippen LogP contribution in [0.25, 0.3) is 10.2 Å². The van der Waals surface area contributed by atoms with Gasteiger partial charge in [-0.2, -0.15) is 0 Å². The monoisotopic (exact) mass is 367 g/mol. The molecule has 3 rings (SSSR count). The largest absolute Gasteiger partial charge is 0.482 e. The van der Waals surface area contributed by atoms with Crippen molar-refractivity contribution in [2.75, 3.05) is 6.61 Å². The third-order valence-electron chi connectivity index (χ3n) is 3.78. The van der Waals surface area contributed by atoms with Crippen LogP contribution in [0.2, 0.25) is 0 Å². The van der Waals surface area contributed by atoms with Gasteiger partial charge in [-0.3, -0.25) is 9.36 Å². The van der Waals surface area contributed by atoms with E-state index >= 15 is 0 Å². The Morgan fingerprint density at radius 1 is 1.27 bits per heavy atom. The van der Waals surface area contributed by atoms with Crippen LogP contribution in [-0.2, 0) is 17.9 Å². The van der Waals surface area contributed by atoms with Crippen LogP contribution in [0.5, 0.6) is 5.75 Å². The maximum atomic E-state index is 13.0.